The topological polar surface area (TPSA) is 32.3 Å². The van der Waals surface area contributed by atoms with Crippen LogP contribution in [0, 0.1) is 0 Å². The quantitative estimate of drug-likeness (QED) is 0.900. The lowest BCUT2D eigenvalue weighted by Crippen LogP contribution is -2.32. The first-order chi connectivity index (χ1) is 7.52. The number of likely N-dealkylation sites (N-methyl/N-ethyl adjacent to an activating group) is 1. The SMILES string of the molecule is CN(C)C(=O)CNCc1c(Cl)cccc1Cl. The lowest BCUT2D eigenvalue weighted by molar-refractivity contribution is -0.127. The van der Waals surface area contributed by atoms with Crippen molar-refractivity contribution >= 4 is 29.1 Å². The van der Waals surface area contributed by atoms with Crippen molar-refractivity contribution in [3.8, 4) is 0 Å². The summed E-state index contributed by atoms with van der Waals surface area (Å²) in [5.74, 6) is 0.0168. The number of benzene rings is 1. The molecule has 0 aliphatic heterocycles. The Bertz CT molecular complexity index is 360. The molecule has 0 bridgehead atoms. The van der Waals surface area contributed by atoms with Gasteiger partial charge >= 0.3 is 0 Å². The second-order valence-corrected chi connectivity index (χ2v) is 4.41. The molecule has 0 aromatic heterocycles. The van der Waals surface area contributed by atoms with Gasteiger partial charge in [-0.15, -0.1) is 0 Å². The number of halogens is 2. The van der Waals surface area contributed by atoms with Crippen LogP contribution in [0.25, 0.3) is 0 Å². The molecule has 0 fully saturated rings. The largest absolute Gasteiger partial charge is 0.348 e. The molecule has 0 aliphatic rings. The van der Waals surface area contributed by atoms with E-state index in [1.54, 1.807) is 32.3 Å². The summed E-state index contributed by atoms with van der Waals surface area (Å²) < 4.78 is 0. The van der Waals surface area contributed by atoms with Gasteiger partial charge in [0, 0.05) is 36.2 Å². The van der Waals surface area contributed by atoms with Crippen molar-refractivity contribution < 1.29 is 4.79 Å². The minimum absolute atomic E-state index is 0.0168. The fourth-order valence-electron chi connectivity index (χ4n) is 1.15. The van der Waals surface area contributed by atoms with Gasteiger partial charge in [-0.2, -0.15) is 0 Å². The second-order valence-electron chi connectivity index (χ2n) is 3.59. The van der Waals surface area contributed by atoms with Crippen LogP contribution in [0.4, 0.5) is 0 Å². The van der Waals surface area contributed by atoms with Crippen LogP contribution in [0.3, 0.4) is 0 Å². The molecule has 0 heterocycles. The van der Waals surface area contributed by atoms with Gasteiger partial charge in [0.1, 0.15) is 0 Å². The molecule has 3 nitrogen and oxygen atoms in total. The zero-order valence-corrected chi connectivity index (χ0v) is 10.8. The van der Waals surface area contributed by atoms with Crippen molar-refractivity contribution in [1.82, 2.24) is 10.2 Å². The zero-order chi connectivity index (χ0) is 12.1. The van der Waals surface area contributed by atoms with E-state index < -0.39 is 0 Å². The van der Waals surface area contributed by atoms with E-state index in [1.807, 2.05) is 0 Å². The molecular weight excluding hydrogens is 247 g/mol. The maximum Gasteiger partial charge on any atom is 0.236 e. The highest BCUT2D eigenvalue weighted by Gasteiger charge is 2.07. The third-order valence-corrected chi connectivity index (χ3v) is 2.85. The lowest BCUT2D eigenvalue weighted by Gasteiger charge is -2.12. The first-order valence-electron chi connectivity index (χ1n) is 4.86. The first kappa shape index (κ1) is 13.3. The summed E-state index contributed by atoms with van der Waals surface area (Å²) >= 11 is 12.0. The fourth-order valence-corrected chi connectivity index (χ4v) is 1.68. The van der Waals surface area contributed by atoms with Gasteiger partial charge in [-0.3, -0.25) is 4.79 Å². The zero-order valence-electron chi connectivity index (χ0n) is 9.26. The molecule has 0 radical (unpaired) electrons. The molecule has 0 spiro atoms. The van der Waals surface area contributed by atoms with E-state index in [0.717, 1.165) is 5.56 Å². The minimum atomic E-state index is 0.0168. The van der Waals surface area contributed by atoms with Gasteiger partial charge < -0.3 is 10.2 Å². The van der Waals surface area contributed by atoms with Crippen LogP contribution in [-0.2, 0) is 11.3 Å². The molecule has 16 heavy (non-hydrogen) atoms. The van der Waals surface area contributed by atoms with Gasteiger partial charge in [0.15, 0.2) is 0 Å². The average Bonchev–Trinajstić information content (AvgIpc) is 2.22. The summed E-state index contributed by atoms with van der Waals surface area (Å²) in [5.41, 5.74) is 0.817. The van der Waals surface area contributed by atoms with Gasteiger partial charge in [-0.05, 0) is 12.1 Å². The molecule has 0 saturated carbocycles. The van der Waals surface area contributed by atoms with Crippen LogP contribution in [-0.4, -0.2) is 31.4 Å². The van der Waals surface area contributed by atoms with Crippen molar-refractivity contribution in [1.29, 1.82) is 0 Å². The van der Waals surface area contributed by atoms with Gasteiger partial charge in [-0.1, -0.05) is 29.3 Å². The number of rotatable bonds is 4. The van der Waals surface area contributed by atoms with Crippen LogP contribution < -0.4 is 5.32 Å². The Labute approximate surface area is 105 Å². The molecule has 1 amide bonds. The Balaban J connectivity index is 2.52. The number of hydrogen-bond donors (Lipinski definition) is 1. The highest BCUT2D eigenvalue weighted by atomic mass is 35.5. The maximum atomic E-state index is 11.3. The minimum Gasteiger partial charge on any atom is -0.348 e. The van der Waals surface area contributed by atoms with Crippen LogP contribution in [0.1, 0.15) is 5.56 Å². The normalized spacial score (nSPS) is 10.2. The molecule has 5 heteroatoms. The predicted octanol–water partition coefficient (Wildman–Crippen LogP) is 2.17. The third-order valence-electron chi connectivity index (χ3n) is 2.14. The van der Waals surface area contributed by atoms with Crippen molar-refractivity contribution in [3.05, 3.63) is 33.8 Å². The number of carbonyl (C=O) groups excluding carboxylic acids is 1. The highest BCUT2D eigenvalue weighted by molar-refractivity contribution is 6.35. The summed E-state index contributed by atoms with van der Waals surface area (Å²) in [6.07, 6.45) is 0. The molecule has 1 rings (SSSR count). The fraction of sp³-hybridized carbons (Fsp3) is 0.364. The number of amides is 1. The summed E-state index contributed by atoms with van der Waals surface area (Å²) in [4.78, 5) is 12.8. The molecule has 1 aromatic rings. The Kier molecular flexibility index (Phi) is 5.06. The van der Waals surface area contributed by atoms with E-state index in [-0.39, 0.29) is 12.5 Å². The molecule has 1 N–H and O–H groups in total. The van der Waals surface area contributed by atoms with Crippen LogP contribution in [0.5, 0.6) is 0 Å². The number of nitrogens with zero attached hydrogens (tertiary/aromatic N) is 1. The highest BCUT2D eigenvalue weighted by Crippen LogP contribution is 2.23. The summed E-state index contributed by atoms with van der Waals surface area (Å²) in [7, 11) is 3.43. The predicted molar refractivity (Wildman–Crippen MR) is 66.9 cm³/mol. The maximum absolute atomic E-state index is 11.3. The van der Waals surface area contributed by atoms with E-state index in [9.17, 15) is 4.79 Å². The summed E-state index contributed by atoms with van der Waals surface area (Å²) in [6, 6.07) is 5.34. The Morgan fingerprint density at radius 2 is 1.88 bits per heavy atom. The van der Waals surface area contributed by atoms with Gasteiger partial charge in [0.05, 0.1) is 6.54 Å². The van der Waals surface area contributed by atoms with Crippen LogP contribution in [0.15, 0.2) is 18.2 Å². The smallest absolute Gasteiger partial charge is 0.236 e. The van der Waals surface area contributed by atoms with Gasteiger partial charge in [-0.25, -0.2) is 0 Å². The third kappa shape index (κ3) is 3.67. The van der Waals surface area contributed by atoms with Crippen molar-refractivity contribution in [2.75, 3.05) is 20.6 Å². The second kappa shape index (κ2) is 6.09. The monoisotopic (exact) mass is 260 g/mol. The first-order valence-corrected chi connectivity index (χ1v) is 5.61. The molecule has 0 saturated heterocycles. The van der Waals surface area contributed by atoms with Gasteiger partial charge in [0.25, 0.3) is 0 Å². The van der Waals surface area contributed by atoms with Crippen molar-refractivity contribution in [2.24, 2.45) is 0 Å². The summed E-state index contributed by atoms with van der Waals surface area (Å²) in [5, 5.41) is 4.22. The average molecular weight is 261 g/mol. The number of nitrogens with one attached hydrogen (secondary N) is 1. The van der Waals surface area contributed by atoms with Gasteiger partial charge in [0.2, 0.25) is 5.91 Å². The molecule has 0 unspecified atom stereocenters. The van der Waals surface area contributed by atoms with Crippen molar-refractivity contribution in [3.63, 3.8) is 0 Å². The Morgan fingerprint density at radius 3 is 2.38 bits per heavy atom. The van der Waals surface area contributed by atoms with E-state index in [2.05, 4.69) is 5.32 Å². The standard InChI is InChI=1S/C11H14Cl2N2O/c1-15(2)11(16)7-14-6-8-9(12)4-3-5-10(8)13/h3-5,14H,6-7H2,1-2H3. The van der Waals surface area contributed by atoms with E-state index >= 15 is 0 Å². The lowest BCUT2D eigenvalue weighted by atomic mass is 10.2. The molecule has 0 atom stereocenters. The van der Waals surface area contributed by atoms with Crippen LogP contribution in [0.2, 0.25) is 10.0 Å². The summed E-state index contributed by atoms with van der Waals surface area (Å²) in [6.45, 7) is 0.757. The van der Waals surface area contributed by atoms with E-state index in [0.29, 0.717) is 16.6 Å². The van der Waals surface area contributed by atoms with Crippen molar-refractivity contribution in [2.45, 2.75) is 6.54 Å². The Morgan fingerprint density at radius 1 is 1.31 bits per heavy atom. The van der Waals surface area contributed by atoms with E-state index in [4.69, 9.17) is 23.2 Å². The van der Waals surface area contributed by atoms with Crippen LogP contribution >= 0.6 is 23.2 Å². The number of carbonyl (C=O) groups is 1. The Hall–Kier alpha value is -0.770. The number of hydrogen-bond acceptors (Lipinski definition) is 2. The molecule has 0 aliphatic carbocycles. The molecular formula is C11H14Cl2N2O. The molecule has 1 aromatic carbocycles. The molecule has 88 valence electrons. The van der Waals surface area contributed by atoms with E-state index in [1.165, 1.54) is 4.90 Å².